The smallest absolute Gasteiger partial charge is 0.142 e. The lowest BCUT2D eigenvalue weighted by molar-refractivity contribution is 0.503. The van der Waals surface area contributed by atoms with Crippen molar-refractivity contribution in [3.05, 3.63) is 58.2 Å². The number of nitrogens with two attached hydrogens (primary N) is 1. The Morgan fingerprint density at radius 2 is 2.24 bits per heavy atom. The third-order valence-electron chi connectivity index (χ3n) is 2.58. The molecule has 0 aliphatic rings. The predicted octanol–water partition coefficient (Wildman–Crippen LogP) is 2.93. The molecule has 2 rings (SSSR count). The number of hydrogen-bond donors (Lipinski definition) is 2. The highest BCUT2D eigenvalue weighted by atomic mass is 79.9. The maximum atomic E-state index is 13.9. The molecule has 0 aliphatic heterocycles. The van der Waals surface area contributed by atoms with Gasteiger partial charge >= 0.3 is 0 Å². The van der Waals surface area contributed by atoms with Crippen LogP contribution in [0.1, 0.15) is 17.2 Å². The monoisotopic (exact) mass is 298 g/mol. The van der Waals surface area contributed by atoms with Gasteiger partial charge in [0.05, 0.1) is 23.0 Å². The van der Waals surface area contributed by atoms with Gasteiger partial charge in [-0.15, -0.1) is 0 Å². The van der Waals surface area contributed by atoms with Crippen LogP contribution in [0.2, 0.25) is 0 Å². The molecule has 1 aromatic carbocycles. The van der Waals surface area contributed by atoms with E-state index in [0.717, 1.165) is 5.56 Å². The number of hydrazine groups is 1. The summed E-state index contributed by atoms with van der Waals surface area (Å²) >= 11 is 3.16. The molecule has 0 saturated carbocycles. The first-order chi connectivity index (χ1) is 8.22. The van der Waals surface area contributed by atoms with E-state index < -0.39 is 0 Å². The molecular weight excluding hydrogens is 287 g/mol. The minimum Gasteiger partial charge on any atom is -0.472 e. The number of furan rings is 1. The zero-order valence-corrected chi connectivity index (χ0v) is 10.6. The minimum atomic E-state index is -0.293. The molecule has 5 heteroatoms. The Balaban J connectivity index is 2.26. The van der Waals surface area contributed by atoms with Gasteiger partial charge in [-0.3, -0.25) is 11.3 Å². The van der Waals surface area contributed by atoms with Crippen LogP contribution in [0.4, 0.5) is 4.39 Å². The number of rotatable bonds is 4. The number of hydrogen-bond acceptors (Lipinski definition) is 3. The average Bonchev–Trinajstić information content (AvgIpc) is 2.83. The van der Waals surface area contributed by atoms with Gasteiger partial charge in [-0.25, -0.2) is 4.39 Å². The van der Waals surface area contributed by atoms with E-state index in [0.29, 0.717) is 16.5 Å². The van der Waals surface area contributed by atoms with Crippen LogP contribution in [0.5, 0.6) is 0 Å². The molecule has 0 bridgehead atoms. The van der Waals surface area contributed by atoms with E-state index in [1.54, 1.807) is 30.7 Å². The summed E-state index contributed by atoms with van der Waals surface area (Å²) in [5.74, 6) is 5.19. The van der Waals surface area contributed by atoms with E-state index in [9.17, 15) is 4.39 Å². The third-order valence-corrected chi connectivity index (χ3v) is 3.19. The van der Waals surface area contributed by atoms with Gasteiger partial charge in [0, 0.05) is 5.56 Å². The first-order valence-electron chi connectivity index (χ1n) is 5.13. The second-order valence-electron chi connectivity index (χ2n) is 3.70. The molecule has 0 aliphatic carbocycles. The van der Waals surface area contributed by atoms with Gasteiger partial charge in [-0.05, 0) is 40.0 Å². The van der Waals surface area contributed by atoms with E-state index in [4.69, 9.17) is 10.3 Å². The van der Waals surface area contributed by atoms with Crippen molar-refractivity contribution < 1.29 is 8.81 Å². The fourth-order valence-corrected chi connectivity index (χ4v) is 2.07. The molecule has 2 aromatic rings. The number of nitrogens with one attached hydrogen (secondary N) is 1. The van der Waals surface area contributed by atoms with E-state index in [1.807, 2.05) is 6.07 Å². The first kappa shape index (κ1) is 12.3. The van der Waals surface area contributed by atoms with Gasteiger partial charge in [0.25, 0.3) is 0 Å². The molecule has 1 heterocycles. The van der Waals surface area contributed by atoms with Crippen LogP contribution in [0, 0.1) is 5.82 Å². The summed E-state index contributed by atoms with van der Waals surface area (Å²) in [4.78, 5) is 0. The maximum Gasteiger partial charge on any atom is 0.142 e. The average molecular weight is 299 g/mol. The van der Waals surface area contributed by atoms with Crippen molar-refractivity contribution in [1.82, 2.24) is 5.43 Å². The van der Waals surface area contributed by atoms with Crippen LogP contribution in [-0.2, 0) is 6.42 Å². The Morgan fingerprint density at radius 1 is 1.41 bits per heavy atom. The summed E-state index contributed by atoms with van der Waals surface area (Å²) < 4.78 is 19.3. The Labute approximate surface area is 107 Å². The standard InChI is InChI=1S/C12H12BrFN2O/c13-10-3-1-2-9(12(10)14)11(16-15)6-8-4-5-17-7-8/h1-5,7,11,16H,6,15H2. The minimum absolute atomic E-state index is 0.287. The molecule has 0 radical (unpaired) electrons. The topological polar surface area (TPSA) is 51.2 Å². The van der Waals surface area contributed by atoms with Crippen LogP contribution in [-0.4, -0.2) is 0 Å². The van der Waals surface area contributed by atoms with Crippen molar-refractivity contribution in [2.24, 2.45) is 5.84 Å². The highest BCUT2D eigenvalue weighted by molar-refractivity contribution is 9.10. The largest absolute Gasteiger partial charge is 0.472 e. The first-order valence-corrected chi connectivity index (χ1v) is 5.92. The summed E-state index contributed by atoms with van der Waals surface area (Å²) in [6, 6.07) is 6.70. The molecule has 3 nitrogen and oxygen atoms in total. The fraction of sp³-hybridized carbons (Fsp3) is 0.167. The van der Waals surface area contributed by atoms with Gasteiger partial charge in [-0.2, -0.15) is 0 Å². The SMILES string of the molecule is NNC(Cc1ccoc1)c1cccc(Br)c1F. The highest BCUT2D eigenvalue weighted by Gasteiger charge is 2.16. The zero-order chi connectivity index (χ0) is 12.3. The van der Waals surface area contributed by atoms with Crippen LogP contribution in [0.25, 0.3) is 0 Å². The summed E-state index contributed by atoms with van der Waals surface area (Å²) in [6.07, 6.45) is 3.78. The van der Waals surface area contributed by atoms with Gasteiger partial charge in [0.2, 0.25) is 0 Å². The predicted molar refractivity (Wildman–Crippen MR) is 66.6 cm³/mol. The lowest BCUT2D eigenvalue weighted by Gasteiger charge is -2.16. The summed E-state index contributed by atoms with van der Waals surface area (Å²) in [5, 5.41) is 0. The summed E-state index contributed by atoms with van der Waals surface area (Å²) in [7, 11) is 0. The van der Waals surface area contributed by atoms with Gasteiger partial charge in [0.15, 0.2) is 0 Å². The Morgan fingerprint density at radius 3 is 2.88 bits per heavy atom. The van der Waals surface area contributed by atoms with Crippen LogP contribution in [0.3, 0.4) is 0 Å². The zero-order valence-electron chi connectivity index (χ0n) is 8.99. The molecule has 1 aromatic heterocycles. The molecule has 0 fully saturated rings. The molecule has 17 heavy (non-hydrogen) atoms. The Hall–Kier alpha value is -1.17. The molecule has 0 saturated heterocycles. The molecule has 1 unspecified atom stereocenters. The lowest BCUT2D eigenvalue weighted by Crippen LogP contribution is -2.30. The van der Waals surface area contributed by atoms with Crippen molar-refractivity contribution in [3.8, 4) is 0 Å². The van der Waals surface area contributed by atoms with E-state index in [-0.39, 0.29) is 11.9 Å². The third kappa shape index (κ3) is 2.74. The van der Waals surface area contributed by atoms with E-state index in [1.165, 1.54) is 0 Å². The lowest BCUT2D eigenvalue weighted by atomic mass is 10.0. The Kier molecular flexibility index (Phi) is 3.93. The molecule has 3 N–H and O–H groups in total. The van der Waals surface area contributed by atoms with Crippen molar-refractivity contribution >= 4 is 15.9 Å². The van der Waals surface area contributed by atoms with Crippen LogP contribution in [0.15, 0.2) is 45.7 Å². The van der Waals surface area contributed by atoms with Crippen molar-refractivity contribution in [2.45, 2.75) is 12.5 Å². The fourth-order valence-electron chi connectivity index (χ4n) is 1.69. The molecule has 1 atom stereocenters. The highest BCUT2D eigenvalue weighted by Crippen LogP contribution is 2.25. The van der Waals surface area contributed by atoms with Crippen LogP contribution >= 0.6 is 15.9 Å². The quantitative estimate of drug-likeness (QED) is 0.674. The van der Waals surface area contributed by atoms with Crippen molar-refractivity contribution in [1.29, 1.82) is 0 Å². The normalized spacial score (nSPS) is 12.6. The maximum absolute atomic E-state index is 13.9. The van der Waals surface area contributed by atoms with Crippen molar-refractivity contribution in [2.75, 3.05) is 0 Å². The van der Waals surface area contributed by atoms with Crippen molar-refractivity contribution in [3.63, 3.8) is 0 Å². The molecule has 0 spiro atoms. The van der Waals surface area contributed by atoms with E-state index >= 15 is 0 Å². The van der Waals surface area contributed by atoms with Gasteiger partial charge < -0.3 is 4.42 Å². The number of halogens is 2. The molecule has 90 valence electrons. The number of benzene rings is 1. The second-order valence-corrected chi connectivity index (χ2v) is 4.55. The molecule has 0 amide bonds. The van der Waals surface area contributed by atoms with Gasteiger partial charge in [-0.1, -0.05) is 12.1 Å². The van der Waals surface area contributed by atoms with Crippen LogP contribution < -0.4 is 11.3 Å². The summed E-state index contributed by atoms with van der Waals surface area (Å²) in [6.45, 7) is 0. The second kappa shape index (κ2) is 5.44. The van der Waals surface area contributed by atoms with E-state index in [2.05, 4.69) is 21.4 Å². The summed E-state index contributed by atoms with van der Waals surface area (Å²) in [5.41, 5.74) is 4.12. The van der Waals surface area contributed by atoms with Gasteiger partial charge in [0.1, 0.15) is 5.82 Å². The molecular formula is C12H12BrFN2O. The Bertz CT molecular complexity index is 487.